The molecule has 1 aliphatic heterocycles. The monoisotopic (exact) mass is 299 g/mol. The third kappa shape index (κ3) is 2.47. The van der Waals surface area contributed by atoms with E-state index < -0.39 is 6.09 Å². The Kier molecular flexibility index (Phi) is 3.64. The Balaban J connectivity index is 2.04. The molecule has 0 radical (unpaired) electrons. The lowest BCUT2D eigenvalue weighted by atomic mass is 9.98. The molecule has 0 saturated heterocycles. The number of allylic oxidation sites excluding steroid dienone is 1. The van der Waals surface area contributed by atoms with E-state index in [1.165, 1.54) is 4.90 Å². The van der Waals surface area contributed by atoms with Crippen LogP contribution in [-0.2, 0) is 0 Å². The van der Waals surface area contributed by atoms with E-state index in [9.17, 15) is 9.90 Å². The van der Waals surface area contributed by atoms with Crippen LogP contribution in [0.1, 0.15) is 38.8 Å². The maximum Gasteiger partial charge on any atom is 0.411 e. The zero-order chi connectivity index (χ0) is 15.9. The van der Waals surface area contributed by atoms with Crippen LogP contribution in [0, 0.1) is 5.92 Å². The molecule has 5 nitrogen and oxygen atoms in total. The van der Waals surface area contributed by atoms with Crippen molar-refractivity contribution in [1.82, 2.24) is 14.7 Å². The molecule has 116 valence electrons. The van der Waals surface area contributed by atoms with Crippen molar-refractivity contribution in [3.63, 3.8) is 0 Å². The van der Waals surface area contributed by atoms with Crippen LogP contribution >= 0.6 is 0 Å². The van der Waals surface area contributed by atoms with E-state index in [4.69, 9.17) is 0 Å². The van der Waals surface area contributed by atoms with E-state index in [0.29, 0.717) is 18.5 Å². The summed E-state index contributed by atoms with van der Waals surface area (Å²) in [6.07, 6.45) is 3.88. The highest BCUT2D eigenvalue weighted by Crippen LogP contribution is 2.30. The van der Waals surface area contributed by atoms with Crippen molar-refractivity contribution in [2.75, 3.05) is 6.54 Å². The average molecular weight is 299 g/mol. The Morgan fingerprint density at radius 3 is 2.86 bits per heavy atom. The number of carboxylic acid groups (broad SMARTS) is 1. The molecule has 1 amide bonds. The number of hydrogen-bond donors (Lipinski definition) is 1. The van der Waals surface area contributed by atoms with Crippen LogP contribution in [0.15, 0.2) is 30.5 Å². The predicted molar refractivity (Wildman–Crippen MR) is 86.6 cm³/mol. The van der Waals surface area contributed by atoms with E-state index in [1.54, 1.807) is 0 Å². The number of nitrogens with zero attached hydrogens (tertiary/aromatic N) is 3. The standard InChI is InChI=1S/C17H21N3O2/c1-11(2)20-16-7-5-13(8-14(16)9-18-20)15-6-4-12(3)10-19(15)17(21)22/h5-9,11-12H,4,10H2,1-3H3,(H,21,22). The Bertz CT molecular complexity index is 745. The first-order valence-corrected chi connectivity index (χ1v) is 7.65. The predicted octanol–water partition coefficient (Wildman–Crippen LogP) is 3.98. The lowest BCUT2D eigenvalue weighted by Crippen LogP contribution is -2.34. The van der Waals surface area contributed by atoms with Gasteiger partial charge >= 0.3 is 6.09 Å². The number of carbonyl (C=O) groups is 1. The largest absolute Gasteiger partial charge is 0.465 e. The fourth-order valence-corrected chi connectivity index (χ4v) is 2.99. The van der Waals surface area contributed by atoms with Crippen molar-refractivity contribution in [1.29, 1.82) is 0 Å². The number of rotatable bonds is 2. The van der Waals surface area contributed by atoms with Crippen LogP contribution in [-0.4, -0.2) is 32.4 Å². The number of hydrogen-bond acceptors (Lipinski definition) is 2. The summed E-state index contributed by atoms with van der Waals surface area (Å²) in [7, 11) is 0. The van der Waals surface area contributed by atoms with Crippen molar-refractivity contribution < 1.29 is 9.90 Å². The Labute approximate surface area is 129 Å². The van der Waals surface area contributed by atoms with Crippen LogP contribution in [0.25, 0.3) is 16.6 Å². The van der Waals surface area contributed by atoms with Gasteiger partial charge in [0.2, 0.25) is 0 Å². The summed E-state index contributed by atoms with van der Waals surface area (Å²) in [6, 6.07) is 6.34. The minimum atomic E-state index is -0.893. The number of aromatic nitrogens is 2. The van der Waals surface area contributed by atoms with Gasteiger partial charge in [-0.3, -0.25) is 9.58 Å². The molecule has 0 aliphatic carbocycles. The number of benzene rings is 1. The first kappa shape index (κ1) is 14.6. The first-order valence-electron chi connectivity index (χ1n) is 7.65. The van der Waals surface area contributed by atoms with E-state index >= 15 is 0 Å². The molecule has 2 heterocycles. The summed E-state index contributed by atoms with van der Waals surface area (Å²) in [5.41, 5.74) is 2.79. The zero-order valence-electron chi connectivity index (χ0n) is 13.2. The highest BCUT2D eigenvalue weighted by Gasteiger charge is 2.24. The van der Waals surface area contributed by atoms with Gasteiger partial charge in [-0.15, -0.1) is 0 Å². The van der Waals surface area contributed by atoms with Crippen LogP contribution in [0.3, 0.4) is 0 Å². The number of fused-ring (bicyclic) bond motifs is 1. The second-order valence-corrected chi connectivity index (χ2v) is 6.28. The lowest BCUT2D eigenvalue weighted by Gasteiger charge is -2.30. The normalized spacial score (nSPS) is 18.8. The molecule has 3 rings (SSSR count). The molecule has 1 atom stereocenters. The average Bonchev–Trinajstić information content (AvgIpc) is 2.90. The Morgan fingerprint density at radius 1 is 1.41 bits per heavy atom. The Morgan fingerprint density at radius 2 is 2.18 bits per heavy atom. The van der Waals surface area contributed by atoms with E-state index in [-0.39, 0.29) is 0 Å². The summed E-state index contributed by atoms with van der Waals surface area (Å²) in [4.78, 5) is 13.0. The first-order chi connectivity index (χ1) is 10.5. The molecule has 1 aromatic carbocycles. The van der Waals surface area contributed by atoms with E-state index in [0.717, 1.165) is 28.6 Å². The van der Waals surface area contributed by atoms with Crippen LogP contribution < -0.4 is 0 Å². The van der Waals surface area contributed by atoms with Crippen molar-refractivity contribution in [3.8, 4) is 0 Å². The molecule has 1 N–H and O–H groups in total. The minimum Gasteiger partial charge on any atom is -0.465 e. The molecular formula is C17H21N3O2. The van der Waals surface area contributed by atoms with Crippen molar-refractivity contribution >= 4 is 22.7 Å². The molecule has 5 heteroatoms. The van der Waals surface area contributed by atoms with Gasteiger partial charge in [-0.2, -0.15) is 5.10 Å². The fourth-order valence-electron chi connectivity index (χ4n) is 2.99. The second kappa shape index (κ2) is 5.48. The molecule has 1 unspecified atom stereocenters. The summed E-state index contributed by atoms with van der Waals surface area (Å²) < 4.78 is 1.98. The quantitative estimate of drug-likeness (QED) is 0.912. The number of amides is 1. The smallest absolute Gasteiger partial charge is 0.411 e. The molecular weight excluding hydrogens is 278 g/mol. The third-order valence-corrected chi connectivity index (χ3v) is 4.11. The van der Waals surface area contributed by atoms with E-state index in [1.807, 2.05) is 35.2 Å². The molecule has 22 heavy (non-hydrogen) atoms. The third-order valence-electron chi connectivity index (χ3n) is 4.11. The molecule has 0 bridgehead atoms. The van der Waals surface area contributed by atoms with E-state index in [2.05, 4.69) is 25.9 Å². The zero-order valence-corrected chi connectivity index (χ0v) is 13.2. The Hall–Kier alpha value is -2.30. The maximum atomic E-state index is 11.5. The van der Waals surface area contributed by atoms with Gasteiger partial charge in [0.25, 0.3) is 0 Å². The molecule has 1 aliphatic rings. The van der Waals surface area contributed by atoms with Gasteiger partial charge in [-0.1, -0.05) is 19.1 Å². The topological polar surface area (TPSA) is 58.4 Å². The van der Waals surface area contributed by atoms with Crippen molar-refractivity contribution in [2.24, 2.45) is 5.92 Å². The van der Waals surface area contributed by atoms with Crippen LogP contribution in [0.5, 0.6) is 0 Å². The SMILES string of the molecule is CC1CC=C(c2ccc3c(cnn3C(C)C)c2)N(C(=O)O)C1. The molecule has 0 saturated carbocycles. The van der Waals surface area contributed by atoms with Crippen LogP contribution in [0.4, 0.5) is 4.79 Å². The summed E-state index contributed by atoms with van der Waals surface area (Å²) >= 11 is 0. The highest BCUT2D eigenvalue weighted by molar-refractivity contribution is 5.87. The van der Waals surface area contributed by atoms with Crippen molar-refractivity contribution in [3.05, 3.63) is 36.0 Å². The summed E-state index contributed by atoms with van der Waals surface area (Å²) in [6.45, 7) is 6.80. The van der Waals surface area contributed by atoms with Crippen LogP contribution in [0.2, 0.25) is 0 Å². The molecule has 1 aromatic heterocycles. The highest BCUT2D eigenvalue weighted by atomic mass is 16.4. The van der Waals surface area contributed by atoms with Crippen molar-refractivity contribution in [2.45, 2.75) is 33.2 Å². The van der Waals surface area contributed by atoms with Gasteiger partial charge in [-0.25, -0.2) is 4.79 Å². The molecule has 0 spiro atoms. The molecule has 0 fully saturated rings. The van der Waals surface area contributed by atoms with Gasteiger partial charge < -0.3 is 5.11 Å². The molecule has 2 aromatic rings. The van der Waals surface area contributed by atoms with Gasteiger partial charge in [0.15, 0.2) is 0 Å². The second-order valence-electron chi connectivity index (χ2n) is 6.28. The van der Waals surface area contributed by atoms with Gasteiger partial charge in [0.1, 0.15) is 0 Å². The summed E-state index contributed by atoms with van der Waals surface area (Å²) in [5, 5.41) is 14.9. The minimum absolute atomic E-state index is 0.300. The van der Waals surface area contributed by atoms with Gasteiger partial charge in [-0.05, 0) is 43.9 Å². The fraction of sp³-hybridized carbons (Fsp3) is 0.412. The summed E-state index contributed by atoms with van der Waals surface area (Å²) in [5.74, 6) is 0.354. The van der Waals surface area contributed by atoms with Gasteiger partial charge in [0.05, 0.1) is 17.4 Å². The maximum absolute atomic E-state index is 11.5. The lowest BCUT2D eigenvalue weighted by molar-refractivity contribution is 0.159. The van der Waals surface area contributed by atoms with Gasteiger partial charge in [0, 0.05) is 18.0 Å².